The van der Waals surface area contributed by atoms with Crippen LogP contribution in [0.3, 0.4) is 0 Å². The van der Waals surface area contributed by atoms with E-state index in [0.717, 1.165) is 12.0 Å². The van der Waals surface area contributed by atoms with Crippen molar-refractivity contribution in [1.29, 1.82) is 0 Å². The van der Waals surface area contributed by atoms with Crippen molar-refractivity contribution in [3.05, 3.63) is 24.3 Å². The van der Waals surface area contributed by atoms with Crippen LogP contribution in [-0.4, -0.2) is 18.1 Å². The molecular formula is C11H15NOS. The second kappa shape index (κ2) is 5.70. The number of nitrogens with one attached hydrogen (secondary N) is 1. The average molecular weight is 209 g/mol. The van der Waals surface area contributed by atoms with Crippen LogP contribution in [0.5, 0.6) is 0 Å². The molecule has 0 bridgehead atoms. The summed E-state index contributed by atoms with van der Waals surface area (Å²) >= 11 is 1.83. The van der Waals surface area contributed by atoms with Gasteiger partial charge in [0.05, 0.1) is 6.54 Å². The number of anilines is 1. The van der Waals surface area contributed by atoms with Crippen molar-refractivity contribution in [1.82, 2.24) is 0 Å². The summed E-state index contributed by atoms with van der Waals surface area (Å²) in [7, 11) is 0. The first kappa shape index (κ1) is 11.1. The van der Waals surface area contributed by atoms with Crippen molar-refractivity contribution < 1.29 is 4.79 Å². The van der Waals surface area contributed by atoms with Crippen LogP contribution in [0.2, 0.25) is 0 Å². The van der Waals surface area contributed by atoms with Crippen LogP contribution in [0.25, 0.3) is 0 Å². The van der Waals surface area contributed by atoms with Crippen LogP contribution >= 0.6 is 11.8 Å². The second-order valence-electron chi connectivity index (χ2n) is 3.24. The number of carbonyl (C=O) groups excluding carboxylic acids is 1. The lowest BCUT2D eigenvalue weighted by molar-refractivity contribution is -0.106. The third-order valence-electron chi connectivity index (χ3n) is 1.62. The second-order valence-corrected chi connectivity index (χ2v) is 4.89. The molecule has 3 heteroatoms. The predicted octanol–water partition coefficient (Wildman–Crippen LogP) is 2.80. The minimum atomic E-state index is 0.372. The molecule has 0 heterocycles. The van der Waals surface area contributed by atoms with E-state index in [9.17, 15) is 4.79 Å². The maximum absolute atomic E-state index is 10.1. The van der Waals surface area contributed by atoms with E-state index in [1.807, 2.05) is 23.9 Å². The molecule has 1 aromatic carbocycles. The first-order chi connectivity index (χ1) is 6.72. The van der Waals surface area contributed by atoms with E-state index in [-0.39, 0.29) is 0 Å². The molecule has 0 saturated carbocycles. The third-order valence-corrected chi connectivity index (χ3v) is 2.63. The highest BCUT2D eigenvalue weighted by Gasteiger charge is 1.97. The molecule has 0 aliphatic carbocycles. The van der Waals surface area contributed by atoms with E-state index >= 15 is 0 Å². The van der Waals surface area contributed by atoms with Gasteiger partial charge < -0.3 is 10.1 Å². The molecule has 0 radical (unpaired) electrons. The lowest BCUT2D eigenvalue weighted by Crippen LogP contribution is -2.01. The number of rotatable bonds is 5. The summed E-state index contributed by atoms with van der Waals surface area (Å²) in [5, 5.41) is 3.60. The van der Waals surface area contributed by atoms with Crippen LogP contribution in [0.4, 0.5) is 5.69 Å². The fourth-order valence-corrected chi connectivity index (χ4v) is 1.92. The smallest absolute Gasteiger partial charge is 0.139 e. The molecule has 0 saturated heterocycles. The van der Waals surface area contributed by atoms with Gasteiger partial charge in [0.1, 0.15) is 6.29 Å². The van der Waals surface area contributed by atoms with E-state index in [2.05, 4.69) is 31.3 Å². The lowest BCUT2D eigenvalue weighted by atomic mass is 10.3. The summed E-state index contributed by atoms with van der Waals surface area (Å²) in [5.74, 6) is 0. The van der Waals surface area contributed by atoms with Crippen LogP contribution in [0.15, 0.2) is 29.2 Å². The Hall–Kier alpha value is -0.960. The van der Waals surface area contributed by atoms with Crippen LogP contribution in [-0.2, 0) is 4.79 Å². The summed E-state index contributed by atoms with van der Waals surface area (Å²) in [4.78, 5) is 11.4. The number of hydrogen-bond acceptors (Lipinski definition) is 3. The Morgan fingerprint density at radius 2 is 2.00 bits per heavy atom. The Morgan fingerprint density at radius 1 is 1.36 bits per heavy atom. The molecule has 0 atom stereocenters. The predicted molar refractivity (Wildman–Crippen MR) is 62.0 cm³/mol. The molecular weight excluding hydrogens is 194 g/mol. The lowest BCUT2D eigenvalue weighted by Gasteiger charge is -2.06. The largest absolute Gasteiger partial charge is 0.378 e. The van der Waals surface area contributed by atoms with Crippen LogP contribution in [0, 0.1) is 0 Å². The monoisotopic (exact) mass is 209 g/mol. The van der Waals surface area contributed by atoms with Gasteiger partial charge in [0, 0.05) is 15.8 Å². The zero-order chi connectivity index (χ0) is 10.4. The van der Waals surface area contributed by atoms with Gasteiger partial charge in [-0.05, 0) is 24.3 Å². The number of thioether (sulfide) groups is 1. The van der Waals surface area contributed by atoms with E-state index in [1.165, 1.54) is 4.90 Å². The van der Waals surface area contributed by atoms with Crippen molar-refractivity contribution in [2.45, 2.75) is 24.0 Å². The molecule has 1 aromatic rings. The molecule has 2 nitrogen and oxygen atoms in total. The fourth-order valence-electron chi connectivity index (χ4n) is 1.08. The van der Waals surface area contributed by atoms with E-state index in [4.69, 9.17) is 0 Å². The normalized spacial score (nSPS) is 10.2. The van der Waals surface area contributed by atoms with Gasteiger partial charge in [-0.25, -0.2) is 0 Å². The Morgan fingerprint density at radius 3 is 2.50 bits per heavy atom. The number of benzene rings is 1. The Balaban J connectivity index is 2.54. The van der Waals surface area contributed by atoms with Crippen LogP contribution in [0.1, 0.15) is 13.8 Å². The van der Waals surface area contributed by atoms with E-state index < -0.39 is 0 Å². The number of hydrogen-bond donors (Lipinski definition) is 1. The molecule has 1 N–H and O–H groups in total. The standard InChI is InChI=1S/C11H15NOS/c1-9(2)14-11-5-3-10(4-6-11)12-7-8-13/h3-6,8-9,12H,7H2,1-2H3. The van der Waals surface area contributed by atoms with Crippen molar-refractivity contribution in [3.63, 3.8) is 0 Å². The van der Waals surface area contributed by atoms with Crippen molar-refractivity contribution in [3.8, 4) is 0 Å². The van der Waals surface area contributed by atoms with Crippen molar-refractivity contribution >= 4 is 23.7 Å². The quantitative estimate of drug-likeness (QED) is 0.597. The summed E-state index contributed by atoms with van der Waals surface area (Å²) in [6.07, 6.45) is 0.858. The van der Waals surface area contributed by atoms with Gasteiger partial charge in [-0.3, -0.25) is 0 Å². The van der Waals surface area contributed by atoms with Gasteiger partial charge in [0.25, 0.3) is 0 Å². The van der Waals surface area contributed by atoms with Gasteiger partial charge >= 0.3 is 0 Å². The molecule has 0 unspecified atom stereocenters. The molecule has 0 spiro atoms. The van der Waals surface area contributed by atoms with E-state index in [0.29, 0.717) is 11.8 Å². The van der Waals surface area contributed by atoms with Gasteiger partial charge in [-0.1, -0.05) is 13.8 Å². The first-order valence-corrected chi connectivity index (χ1v) is 5.54. The summed E-state index contributed by atoms with van der Waals surface area (Å²) < 4.78 is 0. The molecule has 0 fully saturated rings. The fraction of sp³-hybridized carbons (Fsp3) is 0.364. The molecule has 76 valence electrons. The zero-order valence-electron chi connectivity index (χ0n) is 8.49. The highest BCUT2D eigenvalue weighted by atomic mass is 32.2. The molecule has 1 rings (SSSR count). The molecule has 0 aromatic heterocycles. The van der Waals surface area contributed by atoms with Crippen molar-refractivity contribution in [2.24, 2.45) is 0 Å². The number of carbonyl (C=O) groups is 1. The third kappa shape index (κ3) is 3.83. The average Bonchev–Trinajstić information content (AvgIpc) is 2.16. The molecule has 0 aliphatic rings. The molecule has 0 amide bonds. The van der Waals surface area contributed by atoms with Gasteiger partial charge in [0.15, 0.2) is 0 Å². The highest BCUT2D eigenvalue weighted by Crippen LogP contribution is 2.23. The van der Waals surface area contributed by atoms with Gasteiger partial charge in [0.2, 0.25) is 0 Å². The molecule has 14 heavy (non-hydrogen) atoms. The summed E-state index contributed by atoms with van der Waals surface area (Å²) in [6, 6.07) is 8.12. The molecule has 0 aliphatic heterocycles. The maximum Gasteiger partial charge on any atom is 0.139 e. The SMILES string of the molecule is CC(C)Sc1ccc(NCC=O)cc1. The minimum absolute atomic E-state index is 0.372. The summed E-state index contributed by atoms with van der Waals surface area (Å²) in [6.45, 7) is 4.71. The highest BCUT2D eigenvalue weighted by molar-refractivity contribution is 7.99. The summed E-state index contributed by atoms with van der Waals surface area (Å²) in [5.41, 5.74) is 0.991. The Labute approximate surface area is 89.1 Å². The Bertz CT molecular complexity index is 282. The van der Waals surface area contributed by atoms with Crippen LogP contribution < -0.4 is 5.32 Å². The Kier molecular flexibility index (Phi) is 4.53. The zero-order valence-corrected chi connectivity index (χ0v) is 9.30. The van der Waals surface area contributed by atoms with E-state index in [1.54, 1.807) is 0 Å². The first-order valence-electron chi connectivity index (χ1n) is 4.66. The minimum Gasteiger partial charge on any atom is -0.378 e. The maximum atomic E-state index is 10.1. The van der Waals surface area contributed by atoms with Crippen molar-refractivity contribution in [2.75, 3.05) is 11.9 Å². The topological polar surface area (TPSA) is 29.1 Å². The van der Waals surface area contributed by atoms with Gasteiger partial charge in [-0.2, -0.15) is 0 Å². The number of aldehydes is 1. The van der Waals surface area contributed by atoms with Gasteiger partial charge in [-0.15, -0.1) is 11.8 Å².